The lowest BCUT2D eigenvalue weighted by molar-refractivity contribution is 0.562. The minimum absolute atomic E-state index is 0.430. The molecule has 1 atom stereocenters. The lowest BCUT2D eigenvalue weighted by Crippen LogP contribution is -1.97. The van der Waals surface area contributed by atoms with Crippen LogP contribution in [0.25, 0.3) is 0 Å². The van der Waals surface area contributed by atoms with E-state index in [-0.39, 0.29) is 0 Å². The van der Waals surface area contributed by atoms with Gasteiger partial charge < -0.3 is 4.55 Å². The molecule has 1 saturated carbocycles. The number of hydrogen-bond donors (Lipinski definition) is 1. The first kappa shape index (κ1) is 9.86. The van der Waals surface area contributed by atoms with Crippen molar-refractivity contribution in [2.45, 2.75) is 43.5 Å². The number of rotatable bonds is 4. The van der Waals surface area contributed by atoms with E-state index in [1.165, 1.54) is 0 Å². The minimum Gasteiger partial charge on any atom is -0.302 e. The van der Waals surface area contributed by atoms with E-state index in [0.29, 0.717) is 10.8 Å². The molecular formula is C9H14N2O2S. The van der Waals surface area contributed by atoms with Crippen molar-refractivity contribution in [2.75, 3.05) is 0 Å². The van der Waals surface area contributed by atoms with Crippen LogP contribution in [-0.2, 0) is 17.6 Å². The van der Waals surface area contributed by atoms with Gasteiger partial charge in [-0.3, -0.25) is 4.68 Å². The number of aryl methyl sites for hydroxylation is 1. The van der Waals surface area contributed by atoms with Crippen LogP contribution in [0.3, 0.4) is 0 Å². The molecule has 1 fully saturated rings. The highest BCUT2D eigenvalue weighted by molar-refractivity contribution is 7.79. The van der Waals surface area contributed by atoms with E-state index in [1.54, 1.807) is 10.9 Å². The van der Waals surface area contributed by atoms with Gasteiger partial charge in [0.15, 0.2) is 11.1 Å². The topological polar surface area (TPSA) is 55.1 Å². The summed E-state index contributed by atoms with van der Waals surface area (Å²) in [6, 6.07) is 0. The van der Waals surface area contributed by atoms with Gasteiger partial charge in [0, 0.05) is 18.7 Å². The first-order chi connectivity index (χ1) is 6.72. The summed E-state index contributed by atoms with van der Waals surface area (Å²) in [5.41, 5.74) is 0.833. The summed E-state index contributed by atoms with van der Waals surface area (Å²) in [5.74, 6) is 0.430. The third kappa shape index (κ3) is 1.88. The highest BCUT2D eigenvalue weighted by Gasteiger charge is 2.30. The van der Waals surface area contributed by atoms with E-state index in [9.17, 15) is 4.21 Å². The maximum atomic E-state index is 11.0. The van der Waals surface area contributed by atoms with Crippen LogP contribution >= 0.6 is 0 Å². The molecule has 0 bridgehead atoms. The predicted molar refractivity (Wildman–Crippen MR) is 53.5 cm³/mol. The fourth-order valence-corrected chi connectivity index (χ4v) is 2.13. The highest BCUT2D eigenvalue weighted by atomic mass is 32.2. The van der Waals surface area contributed by atoms with E-state index in [0.717, 1.165) is 31.5 Å². The molecule has 78 valence electrons. The Morgan fingerprint density at radius 2 is 2.43 bits per heavy atom. The van der Waals surface area contributed by atoms with E-state index in [1.807, 2.05) is 0 Å². The Bertz CT molecular complexity index is 358. The Balaban J connectivity index is 2.30. The zero-order chi connectivity index (χ0) is 10.1. The molecule has 2 rings (SSSR count). The summed E-state index contributed by atoms with van der Waals surface area (Å²) >= 11 is -1.89. The predicted octanol–water partition coefficient (Wildman–Crippen LogP) is 1.75. The molecule has 1 N–H and O–H groups in total. The van der Waals surface area contributed by atoms with Crippen LogP contribution < -0.4 is 0 Å². The van der Waals surface area contributed by atoms with Crippen LogP contribution in [0.2, 0.25) is 0 Å². The molecule has 0 spiro atoms. The molecule has 1 aromatic heterocycles. The average molecular weight is 214 g/mol. The van der Waals surface area contributed by atoms with Crippen LogP contribution in [-0.4, -0.2) is 18.5 Å². The third-order valence-electron chi connectivity index (χ3n) is 2.36. The van der Waals surface area contributed by atoms with Crippen molar-refractivity contribution in [3.63, 3.8) is 0 Å². The van der Waals surface area contributed by atoms with Crippen LogP contribution in [0.15, 0.2) is 11.1 Å². The monoisotopic (exact) mass is 214 g/mol. The van der Waals surface area contributed by atoms with Gasteiger partial charge in [0.25, 0.3) is 0 Å². The quantitative estimate of drug-likeness (QED) is 0.777. The lowest BCUT2D eigenvalue weighted by atomic mass is 10.3. The molecule has 5 heteroatoms. The lowest BCUT2D eigenvalue weighted by Gasteiger charge is -1.94. The molecule has 1 aromatic rings. The van der Waals surface area contributed by atoms with Crippen molar-refractivity contribution >= 4 is 11.1 Å². The molecule has 0 aromatic carbocycles. The first-order valence-electron chi connectivity index (χ1n) is 4.90. The van der Waals surface area contributed by atoms with Crippen molar-refractivity contribution in [3.8, 4) is 0 Å². The molecule has 1 unspecified atom stereocenters. The first-order valence-corrected chi connectivity index (χ1v) is 6.01. The molecule has 0 radical (unpaired) electrons. The second-order valence-electron chi connectivity index (χ2n) is 3.67. The Morgan fingerprint density at radius 3 is 2.93 bits per heavy atom. The molecule has 0 aliphatic heterocycles. The van der Waals surface area contributed by atoms with Crippen molar-refractivity contribution in [2.24, 2.45) is 0 Å². The zero-order valence-corrected chi connectivity index (χ0v) is 8.96. The van der Waals surface area contributed by atoms with Gasteiger partial charge in [0.1, 0.15) is 4.90 Å². The summed E-state index contributed by atoms with van der Waals surface area (Å²) in [4.78, 5) is 0.501. The molecule has 14 heavy (non-hydrogen) atoms. The fraction of sp³-hybridized carbons (Fsp3) is 0.667. The van der Waals surface area contributed by atoms with Crippen molar-refractivity contribution in [1.82, 2.24) is 9.78 Å². The van der Waals surface area contributed by atoms with Gasteiger partial charge in [0.2, 0.25) is 0 Å². The Hall–Kier alpha value is -0.680. The van der Waals surface area contributed by atoms with Crippen molar-refractivity contribution in [3.05, 3.63) is 11.9 Å². The largest absolute Gasteiger partial charge is 0.302 e. The van der Waals surface area contributed by atoms with E-state index >= 15 is 0 Å². The van der Waals surface area contributed by atoms with E-state index in [2.05, 4.69) is 12.0 Å². The zero-order valence-electron chi connectivity index (χ0n) is 8.14. The summed E-state index contributed by atoms with van der Waals surface area (Å²) in [6.45, 7) is 2.88. The number of hydrogen-bond acceptors (Lipinski definition) is 2. The van der Waals surface area contributed by atoms with Crippen LogP contribution in [0, 0.1) is 0 Å². The van der Waals surface area contributed by atoms with Gasteiger partial charge in [-0.15, -0.1) is 0 Å². The smallest absolute Gasteiger partial charge is 0.190 e. The molecule has 1 heterocycles. The standard InChI is InChI=1S/C9H14N2O2S/c1-2-5-11-6-8(14(12)13)9(10-11)7-3-4-7/h6-7H,2-5H2,1H3,(H,12,13). The normalized spacial score (nSPS) is 18.4. The minimum atomic E-state index is -1.89. The highest BCUT2D eigenvalue weighted by Crippen LogP contribution is 2.41. The van der Waals surface area contributed by atoms with Gasteiger partial charge in [-0.05, 0) is 19.3 Å². The van der Waals surface area contributed by atoms with Gasteiger partial charge in [-0.25, -0.2) is 4.21 Å². The second-order valence-corrected chi connectivity index (χ2v) is 4.60. The summed E-state index contributed by atoms with van der Waals surface area (Å²) in [6.07, 6.45) is 4.90. The van der Waals surface area contributed by atoms with Gasteiger partial charge >= 0.3 is 0 Å². The van der Waals surface area contributed by atoms with E-state index < -0.39 is 11.1 Å². The van der Waals surface area contributed by atoms with Crippen LogP contribution in [0.5, 0.6) is 0 Å². The average Bonchev–Trinajstić information content (AvgIpc) is 2.88. The maximum absolute atomic E-state index is 11.0. The fourth-order valence-electron chi connectivity index (χ4n) is 1.54. The summed E-state index contributed by atoms with van der Waals surface area (Å²) in [7, 11) is 0. The second kappa shape index (κ2) is 3.82. The van der Waals surface area contributed by atoms with Gasteiger partial charge in [-0.1, -0.05) is 6.92 Å². The van der Waals surface area contributed by atoms with Gasteiger partial charge in [0.05, 0.1) is 5.69 Å². The molecule has 1 aliphatic rings. The number of nitrogens with zero attached hydrogens (tertiary/aromatic N) is 2. The Morgan fingerprint density at radius 1 is 1.71 bits per heavy atom. The molecule has 4 nitrogen and oxygen atoms in total. The summed E-state index contributed by atoms with van der Waals surface area (Å²) < 4.78 is 21.9. The molecule has 0 amide bonds. The van der Waals surface area contributed by atoms with E-state index in [4.69, 9.17) is 4.55 Å². The van der Waals surface area contributed by atoms with Crippen molar-refractivity contribution in [1.29, 1.82) is 0 Å². The van der Waals surface area contributed by atoms with Crippen molar-refractivity contribution < 1.29 is 8.76 Å². The molecular weight excluding hydrogens is 200 g/mol. The van der Waals surface area contributed by atoms with Gasteiger partial charge in [-0.2, -0.15) is 5.10 Å². The third-order valence-corrected chi connectivity index (χ3v) is 3.05. The Kier molecular flexibility index (Phi) is 2.69. The van der Waals surface area contributed by atoms with Crippen LogP contribution in [0.4, 0.5) is 0 Å². The van der Waals surface area contributed by atoms with Crippen LogP contribution in [0.1, 0.15) is 37.8 Å². The number of aromatic nitrogens is 2. The Labute approximate surface area is 85.6 Å². The summed E-state index contributed by atoms with van der Waals surface area (Å²) in [5, 5.41) is 4.35. The SMILES string of the molecule is CCCn1cc(S(=O)O)c(C2CC2)n1. The molecule has 0 saturated heterocycles. The molecule has 1 aliphatic carbocycles. The maximum Gasteiger partial charge on any atom is 0.190 e.